The Morgan fingerprint density at radius 3 is 2.39 bits per heavy atom. The summed E-state index contributed by atoms with van der Waals surface area (Å²) in [5, 5.41) is 9.26. The van der Waals surface area contributed by atoms with Crippen LogP contribution in [0.5, 0.6) is 5.75 Å². The molecule has 0 bridgehead atoms. The summed E-state index contributed by atoms with van der Waals surface area (Å²) in [7, 11) is 0. The number of aromatic hydroxyl groups is 1. The smallest absolute Gasteiger partial charge is 0.267 e. The summed E-state index contributed by atoms with van der Waals surface area (Å²) in [5.41, 5.74) is -0.0832. The van der Waals surface area contributed by atoms with E-state index in [0.29, 0.717) is 5.56 Å². The van der Waals surface area contributed by atoms with Crippen LogP contribution in [0.1, 0.15) is 27.9 Å². The Labute approximate surface area is 102 Å². The molecule has 1 N–H and O–H groups in total. The highest BCUT2D eigenvalue weighted by Crippen LogP contribution is 2.29. The summed E-state index contributed by atoms with van der Waals surface area (Å²) >= 11 is 0. The molecule has 1 aromatic heterocycles. The maximum absolute atomic E-state index is 12.6. The molecule has 92 valence electrons. The van der Waals surface area contributed by atoms with Gasteiger partial charge in [0.1, 0.15) is 5.75 Å². The fourth-order valence-electron chi connectivity index (χ4n) is 1.54. The number of hydrogen-bond acceptors (Lipinski definition) is 3. The standard InChI is InChI=1S/C13H9F2NO2/c14-13(15)10-7-9(1-2-11(10)17)12(18)8-3-5-16-6-4-8/h1-7,13,17H. The fraction of sp³-hybridized carbons (Fsp3) is 0.0769. The van der Waals surface area contributed by atoms with E-state index in [1.807, 2.05) is 0 Å². The van der Waals surface area contributed by atoms with E-state index in [0.717, 1.165) is 12.1 Å². The second-order valence-corrected chi connectivity index (χ2v) is 3.64. The number of pyridine rings is 1. The van der Waals surface area contributed by atoms with E-state index in [1.54, 1.807) is 0 Å². The Balaban J connectivity index is 2.41. The van der Waals surface area contributed by atoms with Gasteiger partial charge in [0.15, 0.2) is 5.78 Å². The van der Waals surface area contributed by atoms with Crippen LogP contribution in [-0.4, -0.2) is 15.9 Å². The minimum absolute atomic E-state index is 0.106. The lowest BCUT2D eigenvalue weighted by Gasteiger charge is -2.06. The molecule has 2 rings (SSSR count). The number of nitrogens with zero attached hydrogens (tertiary/aromatic N) is 1. The van der Waals surface area contributed by atoms with Crippen LogP contribution >= 0.6 is 0 Å². The van der Waals surface area contributed by atoms with Gasteiger partial charge in [0.05, 0.1) is 5.56 Å². The summed E-state index contributed by atoms with van der Waals surface area (Å²) in [6, 6.07) is 6.40. The number of alkyl halides is 2. The van der Waals surface area contributed by atoms with Gasteiger partial charge in [-0.05, 0) is 30.3 Å². The molecule has 0 atom stereocenters. The van der Waals surface area contributed by atoms with Crippen LogP contribution in [0, 0.1) is 0 Å². The number of phenols is 1. The van der Waals surface area contributed by atoms with Gasteiger partial charge in [-0.25, -0.2) is 8.78 Å². The van der Waals surface area contributed by atoms with Gasteiger partial charge in [0, 0.05) is 23.5 Å². The lowest BCUT2D eigenvalue weighted by molar-refractivity contribution is 0.103. The highest BCUT2D eigenvalue weighted by molar-refractivity contribution is 6.09. The Bertz CT molecular complexity index is 570. The number of rotatable bonds is 3. The van der Waals surface area contributed by atoms with Crippen molar-refractivity contribution in [1.29, 1.82) is 0 Å². The van der Waals surface area contributed by atoms with Gasteiger partial charge in [0.25, 0.3) is 6.43 Å². The first kappa shape index (κ1) is 12.2. The molecule has 5 heteroatoms. The molecular weight excluding hydrogens is 240 g/mol. The molecule has 0 saturated carbocycles. The average Bonchev–Trinajstić information content (AvgIpc) is 2.39. The highest BCUT2D eigenvalue weighted by atomic mass is 19.3. The van der Waals surface area contributed by atoms with Gasteiger partial charge in [-0.2, -0.15) is 0 Å². The molecule has 3 nitrogen and oxygen atoms in total. The molecule has 0 unspecified atom stereocenters. The van der Waals surface area contributed by atoms with Crippen LogP contribution in [0.25, 0.3) is 0 Å². The predicted molar refractivity (Wildman–Crippen MR) is 60.7 cm³/mol. The van der Waals surface area contributed by atoms with Gasteiger partial charge in [-0.15, -0.1) is 0 Å². The molecule has 0 fully saturated rings. The summed E-state index contributed by atoms with van der Waals surface area (Å²) in [5.74, 6) is -0.907. The van der Waals surface area contributed by atoms with Crippen molar-refractivity contribution in [2.75, 3.05) is 0 Å². The molecule has 0 aliphatic heterocycles. The van der Waals surface area contributed by atoms with E-state index in [2.05, 4.69) is 4.98 Å². The minimum atomic E-state index is -2.82. The molecule has 0 aliphatic rings. The van der Waals surface area contributed by atoms with Crippen molar-refractivity contribution in [2.45, 2.75) is 6.43 Å². The SMILES string of the molecule is O=C(c1ccncc1)c1ccc(O)c(C(F)F)c1. The van der Waals surface area contributed by atoms with Gasteiger partial charge in [0.2, 0.25) is 0 Å². The van der Waals surface area contributed by atoms with Gasteiger partial charge in [-0.1, -0.05) is 0 Å². The number of phenolic OH excluding ortho intramolecular Hbond substituents is 1. The Kier molecular flexibility index (Phi) is 3.32. The number of aromatic nitrogens is 1. The van der Waals surface area contributed by atoms with Crippen LogP contribution in [0.15, 0.2) is 42.7 Å². The summed E-state index contributed by atoms with van der Waals surface area (Å²) < 4.78 is 25.2. The molecule has 0 amide bonds. The number of halogens is 2. The van der Waals surface area contributed by atoms with E-state index in [-0.39, 0.29) is 11.3 Å². The Morgan fingerprint density at radius 2 is 1.78 bits per heavy atom. The molecule has 0 aliphatic carbocycles. The number of carbonyl (C=O) groups excluding carboxylic acids is 1. The normalized spacial score (nSPS) is 10.6. The molecule has 0 saturated heterocycles. The van der Waals surface area contributed by atoms with Crippen LogP contribution in [0.4, 0.5) is 8.78 Å². The molecule has 1 aromatic carbocycles. The first-order valence-electron chi connectivity index (χ1n) is 5.15. The van der Waals surface area contributed by atoms with Crippen molar-refractivity contribution in [1.82, 2.24) is 4.98 Å². The second kappa shape index (κ2) is 4.91. The summed E-state index contributed by atoms with van der Waals surface area (Å²) in [4.78, 5) is 15.7. The first-order chi connectivity index (χ1) is 8.59. The lowest BCUT2D eigenvalue weighted by atomic mass is 10.0. The molecule has 1 heterocycles. The molecule has 0 spiro atoms. The van der Waals surface area contributed by atoms with Crippen LogP contribution in [0.3, 0.4) is 0 Å². The van der Waals surface area contributed by atoms with Crippen molar-refractivity contribution in [3.05, 3.63) is 59.4 Å². The van der Waals surface area contributed by atoms with E-state index in [4.69, 9.17) is 0 Å². The number of hydrogen-bond donors (Lipinski definition) is 1. The first-order valence-corrected chi connectivity index (χ1v) is 5.15. The van der Waals surface area contributed by atoms with E-state index < -0.39 is 17.7 Å². The monoisotopic (exact) mass is 249 g/mol. The zero-order valence-corrected chi connectivity index (χ0v) is 9.18. The molecule has 18 heavy (non-hydrogen) atoms. The molecular formula is C13H9F2NO2. The molecule has 0 radical (unpaired) electrons. The third kappa shape index (κ3) is 2.34. The van der Waals surface area contributed by atoms with Crippen LogP contribution in [-0.2, 0) is 0 Å². The number of benzene rings is 1. The maximum atomic E-state index is 12.6. The van der Waals surface area contributed by atoms with Crippen LogP contribution in [0.2, 0.25) is 0 Å². The minimum Gasteiger partial charge on any atom is -0.507 e. The zero-order valence-electron chi connectivity index (χ0n) is 9.18. The zero-order chi connectivity index (χ0) is 13.1. The summed E-state index contributed by atoms with van der Waals surface area (Å²) in [6.07, 6.45) is 0.0683. The lowest BCUT2D eigenvalue weighted by Crippen LogP contribution is -2.02. The highest BCUT2D eigenvalue weighted by Gasteiger charge is 2.16. The van der Waals surface area contributed by atoms with Crippen molar-refractivity contribution < 1.29 is 18.7 Å². The summed E-state index contributed by atoms with van der Waals surface area (Å²) in [6.45, 7) is 0. The van der Waals surface area contributed by atoms with Crippen molar-refractivity contribution in [3.8, 4) is 5.75 Å². The average molecular weight is 249 g/mol. The third-order valence-corrected chi connectivity index (χ3v) is 2.47. The topological polar surface area (TPSA) is 50.2 Å². The van der Waals surface area contributed by atoms with Crippen molar-refractivity contribution in [2.24, 2.45) is 0 Å². The predicted octanol–water partition coefficient (Wildman–Crippen LogP) is 2.96. The largest absolute Gasteiger partial charge is 0.507 e. The van der Waals surface area contributed by atoms with E-state index >= 15 is 0 Å². The quantitative estimate of drug-likeness (QED) is 0.851. The third-order valence-electron chi connectivity index (χ3n) is 2.47. The maximum Gasteiger partial charge on any atom is 0.267 e. The number of carbonyl (C=O) groups is 1. The van der Waals surface area contributed by atoms with E-state index in [9.17, 15) is 18.7 Å². The Morgan fingerprint density at radius 1 is 1.11 bits per heavy atom. The van der Waals surface area contributed by atoms with Gasteiger partial charge in [-0.3, -0.25) is 9.78 Å². The van der Waals surface area contributed by atoms with Gasteiger partial charge < -0.3 is 5.11 Å². The fourth-order valence-corrected chi connectivity index (χ4v) is 1.54. The number of ketones is 1. The van der Waals surface area contributed by atoms with Crippen molar-refractivity contribution in [3.63, 3.8) is 0 Å². The van der Waals surface area contributed by atoms with Crippen molar-refractivity contribution >= 4 is 5.78 Å². The molecule has 2 aromatic rings. The van der Waals surface area contributed by atoms with Gasteiger partial charge >= 0.3 is 0 Å². The van der Waals surface area contributed by atoms with E-state index in [1.165, 1.54) is 30.6 Å². The second-order valence-electron chi connectivity index (χ2n) is 3.64. The Hall–Kier alpha value is -2.30. The van der Waals surface area contributed by atoms with Crippen LogP contribution < -0.4 is 0 Å².